The van der Waals surface area contributed by atoms with Gasteiger partial charge in [-0.2, -0.15) is 0 Å². The minimum Gasteiger partial charge on any atom is -0.487 e. The van der Waals surface area contributed by atoms with Crippen molar-refractivity contribution in [1.82, 2.24) is 10.9 Å². The van der Waals surface area contributed by atoms with Crippen LogP contribution in [0.3, 0.4) is 0 Å². The zero-order valence-electron chi connectivity index (χ0n) is 19.3. The lowest BCUT2D eigenvalue weighted by Crippen LogP contribution is -2.50. The maximum absolute atomic E-state index is 12.6. The standard InChI is InChI=1S/C23H29N3O7S/c1-4-5-12-33-22-19(20(28)21(22)29)24-17(14-15(2)3)23(30)26-25-18(27)11-13-34(31,32)16-9-7-6-8-10-16/h6-11,13,15,17,24H,4-5,12,14H2,1-3H3,(H,25,27)(H,26,30)/b13-11+/t17-/m0/s1. The minimum absolute atomic E-state index is 0.0224. The average molecular weight is 492 g/mol. The Labute approximate surface area is 198 Å². The Balaban J connectivity index is 2.02. The van der Waals surface area contributed by atoms with Gasteiger partial charge < -0.3 is 10.1 Å². The second kappa shape index (κ2) is 12.1. The van der Waals surface area contributed by atoms with Crippen molar-refractivity contribution in [2.45, 2.75) is 51.0 Å². The molecule has 0 radical (unpaired) electrons. The normalized spacial score (nSPS) is 12.6. The van der Waals surface area contributed by atoms with Crippen LogP contribution in [0.15, 0.2) is 56.3 Å². The molecule has 2 amide bonds. The van der Waals surface area contributed by atoms with E-state index >= 15 is 0 Å². The molecular formula is C23H29N3O7S. The van der Waals surface area contributed by atoms with E-state index in [4.69, 9.17) is 4.74 Å². The highest BCUT2D eigenvalue weighted by Crippen LogP contribution is 2.21. The molecule has 3 N–H and O–H groups in total. The largest absolute Gasteiger partial charge is 0.487 e. The van der Waals surface area contributed by atoms with Crippen LogP contribution < -0.4 is 31.8 Å². The van der Waals surface area contributed by atoms with Crippen LogP contribution in [0.4, 0.5) is 5.69 Å². The Bertz CT molecular complexity index is 1200. The average Bonchev–Trinajstić information content (AvgIpc) is 2.82. The van der Waals surface area contributed by atoms with Crippen molar-refractivity contribution in [1.29, 1.82) is 0 Å². The van der Waals surface area contributed by atoms with Crippen LogP contribution in [0.25, 0.3) is 0 Å². The first-order valence-electron chi connectivity index (χ1n) is 10.9. The zero-order valence-corrected chi connectivity index (χ0v) is 20.1. The Morgan fingerprint density at radius 3 is 2.35 bits per heavy atom. The summed E-state index contributed by atoms with van der Waals surface area (Å²) in [5.74, 6) is -1.60. The van der Waals surface area contributed by atoms with Crippen molar-refractivity contribution < 1.29 is 22.7 Å². The third-order valence-electron chi connectivity index (χ3n) is 4.73. The molecule has 0 spiro atoms. The fourth-order valence-corrected chi connectivity index (χ4v) is 3.92. The molecule has 0 aliphatic rings. The number of sulfone groups is 1. The Morgan fingerprint density at radius 1 is 1.06 bits per heavy atom. The lowest BCUT2D eigenvalue weighted by atomic mass is 10.0. The number of ether oxygens (including phenoxy) is 1. The van der Waals surface area contributed by atoms with Crippen molar-refractivity contribution >= 4 is 27.3 Å². The van der Waals surface area contributed by atoms with Gasteiger partial charge in [-0.3, -0.25) is 30.0 Å². The van der Waals surface area contributed by atoms with E-state index in [-0.39, 0.29) is 35.3 Å². The van der Waals surface area contributed by atoms with Crippen molar-refractivity contribution in [2.75, 3.05) is 11.9 Å². The summed E-state index contributed by atoms with van der Waals surface area (Å²) in [4.78, 5) is 48.5. The molecule has 0 aromatic heterocycles. The maximum Gasteiger partial charge on any atom is 0.272 e. The smallest absolute Gasteiger partial charge is 0.272 e. The molecule has 0 aliphatic heterocycles. The number of hydrogen-bond donors (Lipinski definition) is 3. The molecule has 0 aliphatic carbocycles. The molecule has 34 heavy (non-hydrogen) atoms. The number of unbranched alkanes of at least 4 members (excludes halogenated alkanes) is 1. The van der Waals surface area contributed by atoms with E-state index in [0.717, 1.165) is 17.9 Å². The summed E-state index contributed by atoms with van der Waals surface area (Å²) in [5.41, 5.74) is 2.73. The van der Waals surface area contributed by atoms with Crippen LogP contribution >= 0.6 is 0 Å². The molecule has 184 valence electrons. The number of nitrogens with one attached hydrogen (secondary N) is 3. The highest BCUT2D eigenvalue weighted by molar-refractivity contribution is 7.94. The molecular weight excluding hydrogens is 462 g/mol. The van der Waals surface area contributed by atoms with E-state index in [1.54, 1.807) is 18.2 Å². The summed E-state index contributed by atoms with van der Waals surface area (Å²) in [6, 6.07) is 6.61. The highest BCUT2D eigenvalue weighted by Gasteiger charge is 2.28. The number of rotatable bonds is 12. The molecule has 2 aromatic rings. The van der Waals surface area contributed by atoms with Gasteiger partial charge in [0.1, 0.15) is 11.7 Å². The first-order valence-corrected chi connectivity index (χ1v) is 12.4. The van der Waals surface area contributed by atoms with Gasteiger partial charge in [-0.15, -0.1) is 0 Å². The molecule has 2 aromatic carbocycles. The van der Waals surface area contributed by atoms with Gasteiger partial charge in [0.05, 0.1) is 11.5 Å². The van der Waals surface area contributed by atoms with Crippen LogP contribution in [-0.4, -0.2) is 32.9 Å². The van der Waals surface area contributed by atoms with Crippen molar-refractivity contribution in [3.63, 3.8) is 0 Å². The maximum atomic E-state index is 12.6. The molecule has 0 saturated heterocycles. The number of hydrogen-bond acceptors (Lipinski definition) is 8. The summed E-state index contributed by atoms with van der Waals surface area (Å²) in [5, 5.41) is 3.48. The Kier molecular flexibility index (Phi) is 9.55. The molecule has 0 saturated carbocycles. The van der Waals surface area contributed by atoms with E-state index in [1.165, 1.54) is 12.1 Å². The number of anilines is 1. The molecule has 0 fully saturated rings. The van der Waals surface area contributed by atoms with Crippen LogP contribution in [0.1, 0.15) is 40.0 Å². The number of amides is 2. The van der Waals surface area contributed by atoms with Gasteiger partial charge in [-0.05, 0) is 30.9 Å². The summed E-state index contributed by atoms with van der Waals surface area (Å²) < 4.78 is 29.8. The third kappa shape index (κ3) is 7.27. The number of benzene rings is 1. The molecule has 0 heterocycles. The van der Waals surface area contributed by atoms with Crippen molar-refractivity contribution in [3.8, 4) is 5.75 Å². The molecule has 11 heteroatoms. The number of hydrazine groups is 1. The van der Waals surface area contributed by atoms with Crippen molar-refractivity contribution in [2.24, 2.45) is 5.92 Å². The molecule has 0 bridgehead atoms. The fraction of sp³-hybridized carbons (Fsp3) is 0.391. The lowest BCUT2D eigenvalue weighted by molar-refractivity contribution is -0.127. The first-order chi connectivity index (χ1) is 16.1. The van der Waals surface area contributed by atoms with E-state index in [9.17, 15) is 27.6 Å². The summed E-state index contributed by atoms with van der Waals surface area (Å²) >= 11 is 0. The van der Waals surface area contributed by atoms with Gasteiger partial charge in [-0.1, -0.05) is 45.4 Å². The van der Waals surface area contributed by atoms with Gasteiger partial charge in [0, 0.05) is 11.5 Å². The van der Waals surface area contributed by atoms with Crippen LogP contribution in [-0.2, 0) is 19.4 Å². The summed E-state index contributed by atoms with van der Waals surface area (Å²) in [6.07, 6.45) is 2.61. The topological polar surface area (TPSA) is 148 Å². The van der Waals surface area contributed by atoms with E-state index in [0.29, 0.717) is 6.42 Å². The summed E-state index contributed by atoms with van der Waals surface area (Å²) in [6.45, 7) is 5.94. The third-order valence-corrected chi connectivity index (χ3v) is 6.16. The second-order valence-corrected chi connectivity index (χ2v) is 9.86. The Morgan fingerprint density at radius 2 is 1.74 bits per heavy atom. The molecule has 2 rings (SSSR count). The number of carbonyl (C=O) groups is 2. The van der Waals surface area contributed by atoms with E-state index < -0.39 is 38.6 Å². The summed E-state index contributed by atoms with van der Waals surface area (Å²) in [7, 11) is -3.82. The molecule has 10 nitrogen and oxygen atoms in total. The van der Waals surface area contributed by atoms with Crippen LogP contribution in [0.5, 0.6) is 5.75 Å². The molecule has 0 unspecified atom stereocenters. The first kappa shape index (κ1) is 26.8. The van der Waals surface area contributed by atoms with Gasteiger partial charge in [0.25, 0.3) is 22.7 Å². The lowest BCUT2D eigenvalue weighted by Gasteiger charge is -2.23. The minimum atomic E-state index is -3.82. The monoisotopic (exact) mass is 491 g/mol. The highest BCUT2D eigenvalue weighted by atomic mass is 32.2. The van der Waals surface area contributed by atoms with Gasteiger partial charge in [0.15, 0.2) is 15.6 Å². The quantitative estimate of drug-likeness (QED) is 0.175. The van der Waals surface area contributed by atoms with E-state index in [1.807, 2.05) is 20.8 Å². The van der Waals surface area contributed by atoms with Crippen LogP contribution in [0, 0.1) is 5.92 Å². The number of carbonyl (C=O) groups excluding carboxylic acids is 2. The van der Waals surface area contributed by atoms with E-state index in [2.05, 4.69) is 16.2 Å². The predicted octanol–water partition coefficient (Wildman–Crippen LogP) is 1.42. The van der Waals surface area contributed by atoms with Gasteiger partial charge >= 0.3 is 0 Å². The predicted molar refractivity (Wildman–Crippen MR) is 128 cm³/mol. The van der Waals surface area contributed by atoms with Crippen molar-refractivity contribution in [3.05, 3.63) is 62.3 Å². The van der Waals surface area contributed by atoms with Gasteiger partial charge in [0.2, 0.25) is 0 Å². The second-order valence-electron chi connectivity index (χ2n) is 8.03. The van der Waals surface area contributed by atoms with Gasteiger partial charge in [-0.25, -0.2) is 8.42 Å². The Hall–Kier alpha value is -3.47. The fourth-order valence-electron chi connectivity index (χ4n) is 2.93. The molecule has 1 atom stereocenters. The SMILES string of the molecule is CCCCOc1c(N[C@@H](CC(C)C)C(=O)NNC(=O)/C=C/S(=O)(=O)c2ccccc2)c(=O)c1=O. The zero-order chi connectivity index (χ0) is 25.3. The van der Waals surface area contributed by atoms with Crippen LogP contribution in [0.2, 0.25) is 0 Å².